The van der Waals surface area contributed by atoms with Crippen molar-refractivity contribution in [3.63, 3.8) is 0 Å². The molecule has 0 amide bonds. The van der Waals surface area contributed by atoms with Crippen molar-refractivity contribution in [3.05, 3.63) is 24.3 Å². The van der Waals surface area contributed by atoms with Crippen LogP contribution in [-0.4, -0.2) is 54.9 Å². The van der Waals surface area contributed by atoms with Crippen LogP contribution in [0.4, 0.5) is 5.13 Å². The summed E-state index contributed by atoms with van der Waals surface area (Å²) in [5, 5.41) is 10.7. The Kier molecular flexibility index (Phi) is 4.07. The average molecular weight is 304 g/mol. The second kappa shape index (κ2) is 5.99. The maximum absolute atomic E-state index is 5.18. The molecule has 2 heterocycles. The maximum atomic E-state index is 5.18. The number of nitrogens with zero attached hydrogens (tertiary/aromatic N) is 4. The van der Waals surface area contributed by atoms with E-state index in [0.717, 1.165) is 41.1 Å². The molecule has 0 aliphatic carbocycles. The Bertz CT molecular complexity index is 598. The summed E-state index contributed by atoms with van der Waals surface area (Å²) in [5.74, 6) is 0.858. The highest BCUT2D eigenvalue weighted by Crippen LogP contribution is 2.31. The summed E-state index contributed by atoms with van der Waals surface area (Å²) >= 11 is 1.66. The second-order valence-electron chi connectivity index (χ2n) is 5.42. The number of hydrogen-bond donors (Lipinski definition) is 0. The van der Waals surface area contributed by atoms with Gasteiger partial charge in [0.15, 0.2) is 0 Å². The van der Waals surface area contributed by atoms with E-state index < -0.39 is 0 Å². The van der Waals surface area contributed by atoms with Gasteiger partial charge >= 0.3 is 0 Å². The van der Waals surface area contributed by atoms with E-state index >= 15 is 0 Å². The van der Waals surface area contributed by atoms with E-state index in [-0.39, 0.29) is 0 Å². The van der Waals surface area contributed by atoms with Gasteiger partial charge in [-0.3, -0.25) is 0 Å². The summed E-state index contributed by atoms with van der Waals surface area (Å²) in [6.45, 7) is 5.39. The van der Waals surface area contributed by atoms with E-state index in [1.165, 1.54) is 0 Å². The van der Waals surface area contributed by atoms with Gasteiger partial charge < -0.3 is 14.5 Å². The third kappa shape index (κ3) is 3.01. The summed E-state index contributed by atoms with van der Waals surface area (Å²) in [6.07, 6.45) is 0. The van der Waals surface area contributed by atoms with Crippen LogP contribution >= 0.6 is 11.3 Å². The molecule has 112 valence electrons. The Morgan fingerprint density at radius 1 is 1.19 bits per heavy atom. The zero-order chi connectivity index (χ0) is 14.8. The fraction of sp³-hybridized carbons (Fsp3) is 0.467. The first kappa shape index (κ1) is 14.3. The molecule has 2 aromatic rings. The Balaban J connectivity index is 1.79. The highest BCUT2D eigenvalue weighted by molar-refractivity contribution is 7.18. The minimum Gasteiger partial charge on any atom is -0.497 e. The molecule has 1 saturated heterocycles. The van der Waals surface area contributed by atoms with Crippen LogP contribution in [0.15, 0.2) is 24.3 Å². The van der Waals surface area contributed by atoms with E-state index in [2.05, 4.69) is 34.0 Å². The number of methoxy groups -OCH3 is 1. The first-order chi connectivity index (χ1) is 10.2. The second-order valence-corrected chi connectivity index (χ2v) is 6.38. The van der Waals surface area contributed by atoms with E-state index in [4.69, 9.17) is 4.74 Å². The van der Waals surface area contributed by atoms with Crippen LogP contribution in [0.3, 0.4) is 0 Å². The summed E-state index contributed by atoms with van der Waals surface area (Å²) < 4.78 is 5.18. The molecule has 1 aliphatic rings. The lowest BCUT2D eigenvalue weighted by atomic mass is 10.2. The van der Waals surface area contributed by atoms with Crippen molar-refractivity contribution in [2.45, 2.75) is 13.0 Å². The molecule has 3 rings (SSSR count). The molecule has 1 aliphatic heterocycles. The van der Waals surface area contributed by atoms with Crippen molar-refractivity contribution in [2.75, 3.05) is 38.7 Å². The van der Waals surface area contributed by atoms with Crippen LogP contribution in [0, 0.1) is 0 Å². The topological polar surface area (TPSA) is 41.5 Å². The van der Waals surface area contributed by atoms with Gasteiger partial charge in [0.25, 0.3) is 0 Å². The van der Waals surface area contributed by atoms with E-state index in [9.17, 15) is 0 Å². The molecule has 5 nitrogen and oxygen atoms in total. The largest absolute Gasteiger partial charge is 0.497 e. The minimum absolute atomic E-state index is 0.473. The fourth-order valence-corrected chi connectivity index (χ4v) is 3.58. The molecular weight excluding hydrogens is 284 g/mol. The lowest BCUT2D eigenvalue weighted by molar-refractivity contribution is 0.275. The molecular formula is C15H20N4OS. The Labute approximate surface area is 129 Å². The van der Waals surface area contributed by atoms with Crippen molar-refractivity contribution in [2.24, 2.45) is 0 Å². The molecule has 6 heteroatoms. The molecule has 0 N–H and O–H groups in total. The third-order valence-electron chi connectivity index (χ3n) is 3.83. The highest BCUT2D eigenvalue weighted by atomic mass is 32.1. The molecule has 1 aromatic carbocycles. The molecule has 0 bridgehead atoms. The quantitative estimate of drug-likeness (QED) is 0.871. The van der Waals surface area contributed by atoms with Crippen LogP contribution in [0.2, 0.25) is 0 Å². The Morgan fingerprint density at radius 3 is 2.62 bits per heavy atom. The summed E-state index contributed by atoms with van der Waals surface area (Å²) in [6, 6.07) is 8.43. The van der Waals surface area contributed by atoms with E-state index in [1.807, 2.05) is 24.3 Å². The van der Waals surface area contributed by atoms with E-state index in [1.54, 1.807) is 18.4 Å². The summed E-state index contributed by atoms with van der Waals surface area (Å²) in [7, 11) is 3.84. The normalized spacial score (nSPS) is 19.8. The van der Waals surface area contributed by atoms with Gasteiger partial charge in [0, 0.05) is 31.2 Å². The van der Waals surface area contributed by atoms with Crippen molar-refractivity contribution < 1.29 is 4.74 Å². The molecule has 0 radical (unpaired) electrons. The molecule has 0 spiro atoms. The van der Waals surface area contributed by atoms with Gasteiger partial charge in [0.1, 0.15) is 10.8 Å². The molecule has 0 saturated carbocycles. The predicted octanol–water partition coefficient (Wildman–Crippen LogP) is 2.35. The van der Waals surface area contributed by atoms with Crippen LogP contribution in [0.5, 0.6) is 5.75 Å². The van der Waals surface area contributed by atoms with Crippen molar-refractivity contribution in [1.82, 2.24) is 15.1 Å². The zero-order valence-corrected chi connectivity index (χ0v) is 13.4. The van der Waals surface area contributed by atoms with Gasteiger partial charge in [0.05, 0.1) is 7.11 Å². The van der Waals surface area contributed by atoms with Crippen LogP contribution in [0.25, 0.3) is 10.6 Å². The standard InChI is InChI=1S/C15H20N4OS/c1-11-10-18(2)8-9-19(11)15-17-16-14(21-15)12-4-6-13(20-3)7-5-12/h4-7,11H,8-10H2,1-3H3/t11-/m0/s1. The number of piperazine rings is 1. The molecule has 0 unspecified atom stereocenters. The van der Waals surface area contributed by atoms with Gasteiger partial charge in [-0.15, -0.1) is 10.2 Å². The van der Waals surface area contributed by atoms with E-state index in [0.29, 0.717) is 6.04 Å². The Hall–Kier alpha value is -1.66. The highest BCUT2D eigenvalue weighted by Gasteiger charge is 2.24. The van der Waals surface area contributed by atoms with Crippen molar-refractivity contribution in [1.29, 1.82) is 0 Å². The third-order valence-corrected chi connectivity index (χ3v) is 4.84. The number of benzene rings is 1. The van der Waals surface area contributed by atoms with Gasteiger partial charge in [-0.25, -0.2) is 0 Å². The first-order valence-corrected chi connectivity index (χ1v) is 7.92. The Morgan fingerprint density at radius 2 is 1.95 bits per heavy atom. The molecule has 1 fully saturated rings. The van der Waals surface area contributed by atoms with Crippen LogP contribution < -0.4 is 9.64 Å². The summed E-state index contributed by atoms with van der Waals surface area (Å²) in [4.78, 5) is 4.71. The van der Waals surface area contributed by atoms with Crippen molar-refractivity contribution in [3.8, 4) is 16.3 Å². The number of aromatic nitrogens is 2. The zero-order valence-electron chi connectivity index (χ0n) is 12.6. The lowest BCUT2D eigenvalue weighted by Gasteiger charge is -2.37. The van der Waals surface area contributed by atoms with Gasteiger partial charge in [-0.1, -0.05) is 11.3 Å². The number of rotatable bonds is 3. The SMILES string of the molecule is COc1ccc(-c2nnc(N3CCN(C)C[C@@H]3C)s2)cc1. The number of ether oxygens (including phenoxy) is 1. The molecule has 1 aromatic heterocycles. The minimum atomic E-state index is 0.473. The van der Waals surface area contributed by atoms with Gasteiger partial charge in [-0.05, 0) is 38.2 Å². The average Bonchev–Trinajstić information content (AvgIpc) is 2.97. The summed E-state index contributed by atoms with van der Waals surface area (Å²) in [5.41, 5.74) is 1.08. The van der Waals surface area contributed by atoms with Crippen LogP contribution in [0.1, 0.15) is 6.92 Å². The monoisotopic (exact) mass is 304 g/mol. The predicted molar refractivity (Wildman–Crippen MR) is 86.2 cm³/mol. The number of likely N-dealkylation sites (N-methyl/N-ethyl adjacent to an activating group) is 1. The number of hydrogen-bond acceptors (Lipinski definition) is 6. The smallest absolute Gasteiger partial charge is 0.208 e. The van der Waals surface area contributed by atoms with Gasteiger partial charge in [0.2, 0.25) is 5.13 Å². The van der Waals surface area contributed by atoms with Crippen molar-refractivity contribution >= 4 is 16.5 Å². The lowest BCUT2D eigenvalue weighted by Crippen LogP contribution is -2.50. The van der Waals surface area contributed by atoms with Gasteiger partial charge in [-0.2, -0.15) is 0 Å². The van der Waals surface area contributed by atoms with Crippen LogP contribution in [-0.2, 0) is 0 Å². The molecule has 21 heavy (non-hydrogen) atoms. The maximum Gasteiger partial charge on any atom is 0.208 e. The number of anilines is 1. The first-order valence-electron chi connectivity index (χ1n) is 7.10. The fourth-order valence-electron chi connectivity index (χ4n) is 2.61. The molecule has 1 atom stereocenters.